The molecule has 0 N–H and O–H groups in total. The molecule has 4 nitrogen and oxygen atoms in total. The van der Waals surface area contributed by atoms with Crippen LogP contribution in [0, 0.1) is 31.6 Å². The van der Waals surface area contributed by atoms with E-state index >= 15 is 0 Å². The molecule has 0 saturated carbocycles. The Kier molecular flexibility index (Phi) is 5.58. The molecule has 0 aliphatic heterocycles. The van der Waals surface area contributed by atoms with E-state index in [0.29, 0.717) is 17.3 Å². The second-order valence-electron chi connectivity index (χ2n) is 5.85. The first-order chi connectivity index (χ1) is 10.9. The number of halogens is 2. The first kappa shape index (κ1) is 17.2. The molecule has 2 unspecified atom stereocenters. The number of carbonyl (C=O) groups is 1. The van der Waals surface area contributed by atoms with E-state index in [1.54, 1.807) is 27.0 Å². The van der Waals surface area contributed by atoms with Gasteiger partial charge < -0.3 is 9.53 Å². The highest BCUT2D eigenvalue weighted by molar-refractivity contribution is 5.53. The topological polar surface area (TPSA) is 52.1 Å². The number of hydrogen-bond acceptors (Lipinski definition) is 4. The summed E-state index contributed by atoms with van der Waals surface area (Å²) in [6, 6.07) is 0. The molecule has 0 radical (unpaired) electrons. The first-order valence-electron chi connectivity index (χ1n) is 7.52. The van der Waals surface area contributed by atoms with Crippen molar-refractivity contribution in [2.24, 2.45) is 17.8 Å². The van der Waals surface area contributed by atoms with Gasteiger partial charge in [0.15, 0.2) is 5.75 Å². The summed E-state index contributed by atoms with van der Waals surface area (Å²) in [5, 5.41) is 0. The van der Waals surface area contributed by atoms with Crippen LogP contribution >= 0.6 is 0 Å². The largest absolute Gasteiger partial charge is 0.490 e. The van der Waals surface area contributed by atoms with Gasteiger partial charge in [0.2, 0.25) is 0 Å². The third-order valence-electron chi connectivity index (χ3n) is 4.02. The lowest BCUT2D eigenvalue weighted by molar-refractivity contribution is -0.112. The third-order valence-corrected chi connectivity index (χ3v) is 4.02. The van der Waals surface area contributed by atoms with Gasteiger partial charge in [-0.05, 0) is 25.8 Å². The molecule has 0 aromatic carbocycles. The highest BCUT2D eigenvalue weighted by Gasteiger charge is 2.29. The summed E-state index contributed by atoms with van der Waals surface area (Å²) in [6.45, 7) is 5.46. The van der Waals surface area contributed by atoms with Gasteiger partial charge in [0, 0.05) is 24.3 Å². The molecule has 23 heavy (non-hydrogen) atoms. The lowest BCUT2D eigenvalue weighted by Crippen LogP contribution is -2.29. The molecule has 1 aliphatic carbocycles. The van der Waals surface area contributed by atoms with Crippen molar-refractivity contribution in [3.8, 4) is 5.75 Å². The highest BCUT2D eigenvalue weighted by atomic mass is 19.1. The van der Waals surface area contributed by atoms with Crippen LogP contribution < -0.4 is 4.74 Å². The average molecular weight is 322 g/mol. The fourth-order valence-electron chi connectivity index (χ4n) is 2.69. The molecule has 1 aromatic rings. The predicted molar refractivity (Wildman–Crippen MR) is 82.2 cm³/mol. The van der Waals surface area contributed by atoms with Crippen LogP contribution in [0.5, 0.6) is 5.75 Å². The van der Waals surface area contributed by atoms with E-state index in [1.807, 2.05) is 0 Å². The molecule has 0 fully saturated rings. The quantitative estimate of drug-likeness (QED) is 0.750. The fraction of sp³-hybridized carbons (Fsp3) is 0.471. The monoisotopic (exact) mass is 322 g/mol. The SMILES string of the molecule is Cc1ncc(OCC(C2C=C(F)C=C(F)C2)[C@@H](C)C=O)c(C)n1. The van der Waals surface area contributed by atoms with Gasteiger partial charge in [0.05, 0.1) is 18.5 Å². The Morgan fingerprint density at radius 3 is 2.78 bits per heavy atom. The average Bonchev–Trinajstić information content (AvgIpc) is 2.48. The molecule has 1 heterocycles. The van der Waals surface area contributed by atoms with Crippen LogP contribution in [0.15, 0.2) is 30.0 Å². The molecular formula is C17H20F2N2O2. The summed E-state index contributed by atoms with van der Waals surface area (Å²) >= 11 is 0. The highest BCUT2D eigenvalue weighted by Crippen LogP contribution is 2.33. The standard InChI is InChI=1S/C17H20F2N2O2/c1-10(8-22)16(13-4-14(18)6-15(19)5-13)9-23-17-7-20-12(3)21-11(17)2/h4,6-8,10,13,16H,5,9H2,1-3H3/t10-,13?,16?/m0/s1. The van der Waals surface area contributed by atoms with Crippen LogP contribution in [0.2, 0.25) is 0 Å². The minimum Gasteiger partial charge on any atom is -0.490 e. The Hall–Kier alpha value is -2.11. The minimum atomic E-state index is -0.614. The molecule has 2 rings (SSSR count). The minimum absolute atomic E-state index is 0.0724. The van der Waals surface area contributed by atoms with Crippen molar-refractivity contribution in [2.45, 2.75) is 27.2 Å². The summed E-state index contributed by atoms with van der Waals surface area (Å²) in [5.41, 5.74) is 0.687. The fourth-order valence-corrected chi connectivity index (χ4v) is 2.69. The van der Waals surface area contributed by atoms with Crippen molar-refractivity contribution in [3.05, 3.63) is 41.5 Å². The lowest BCUT2D eigenvalue weighted by Gasteiger charge is -2.28. The maximum absolute atomic E-state index is 13.5. The van der Waals surface area contributed by atoms with Gasteiger partial charge in [-0.3, -0.25) is 0 Å². The molecule has 0 bridgehead atoms. The Morgan fingerprint density at radius 1 is 1.43 bits per heavy atom. The molecule has 1 aliphatic rings. The van der Waals surface area contributed by atoms with E-state index in [0.717, 1.165) is 12.4 Å². The number of aryl methyl sites for hydroxylation is 2. The van der Waals surface area contributed by atoms with E-state index in [1.165, 1.54) is 6.08 Å². The van der Waals surface area contributed by atoms with Crippen LogP contribution in [0.1, 0.15) is 24.9 Å². The van der Waals surface area contributed by atoms with Gasteiger partial charge in [-0.1, -0.05) is 6.92 Å². The number of carbonyl (C=O) groups excluding carboxylic acids is 1. The van der Waals surface area contributed by atoms with Crippen molar-refractivity contribution in [1.82, 2.24) is 9.97 Å². The summed E-state index contributed by atoms with van der Waals surface area (Å²) in [5.74, 6) is -1.14. The van der Waals surface area contributed by atoms with Crippen molar-refractivity contribution < 1.29 is 18.3 Å². The molecule has 0 amide bonds. The van der Waals surface area contributed by atoms with Gasteiger partial charge in [-0.25, -0.2) is 18.7 Å². The molecule has 1 aromatic heterocycles. The number of ether oxygens (including phenoxy) is 1. The van der Waals surface area contributed by atoms with Crippen molar-refractivity contribution in [2.75, 3.05) is 6.61 Å². The summed E-state index contributed by atoms with van der Waals surface area (Å²) in [4.78, 5) is 19.5. The number of hydrogen-bond donors (Lipinski definition) is 0. The number of aldehydes is 1. The van der Waals surface area contributed by atoms with Crippen LogP contribution in [-0.2, 0) is 4.79 Å². The van der Waals surface area contributed by atoms with E-state index < -0.39 is 17.6 Å². The molecule has 6 heteroatoms. The van der Waals surface area contributed by atoms with Gasteiger partial charge in [-0.2, -0.15) is 0 Å². The van der Waals surface area contributed by atoms with E-state index in [2.05, 4.69) is 9.97 Å². The van der Waals surface area contributed by atoms with Crippen LogP contribution in [0.4, 0.5) is 8.78 Å². The molecule has 0 saturated heterocycles. The maximum Gasteiger partial charge on any atom is 0.158 e. The number of aromatic nitrogens is 2. The smallest absolute Gasteiger partial charge is 0.158 e. The zero-order valence-electron chi connectivity index (χ0n) is 13.4. The van der Waals surface area contributed by atoms with Crippen molar-refractivity contribution in [3.63, 3.8) is 0 Å². The van der Waals surface area contributed by atoms with Crippen LogP contribution in [0.25, 0.3) is 0 Å². The Labute approximate surface area is 134 Å². The first-order valence-corrected chi connectivity index (χ1v) is 7.52. The van der Waals surface area contributed by atoms with Gasteiger partial charge >= 0.3 is 0 Å². The Bertz CT molecular complexity index is 643. The molecular weight excluding hydrogens is 302 g/mol. The van der Waals surface area contributed by atoms with Crippen LogP contribution in [-0.4, -0.2) is 22.9 Å². The van der Waals surface area contributed by atoms with Crippen molar-refractivity contribution >= 4 is 6.29 Å². The predicted octanol–water partition coefficient (Wildman–Crippen LogP) is 3.65. The number of nitrogens with zero attached hydrogens (tertiary/aromatic N) is 2. The van der Waals surface area contributed by atoms with E-state index in [4.69, 9.17) is 4.74 Å². The van der Waals surface area contributed by atoms with Crippen molar-refractivity contribution in [1.29, 1.82) is 0 Å². The molecule has 0 spiro atoms. The normalized spacial score (nSPS) is 20.3. The second kappa shape index (κ2) is 7.44. The maximum atomic E-state index is 13.5. The molecule has 124 valence electrons. The zero-order chi connectivity index (χ0) is 17.0. The second-order valence-corrected chi connectivity index (χ2v) is 5.85. The Balaban J connectivity index is 2.13. The third kappa shape index (κ3) is 4.43. The van der Waals surface area contributed by atoms with Gasteiger partial charge in [0.25, 0.3) is 0 Å². The lowest BCUT2D eigenvalue weighted by atomic mass is 9.79. The molecule has 3 atom stereocenters. The number of allylic oxidation sites excluding steroid dienone is 4. The van der Waals surface area contributed by atoms with Crippen LogP contribution in [0.3, 0.4) is 0 Å². The van der Waals surface area contributed by atoms with Gasteiger partial charge in [0.1, 0.15) is 23.8 Å². The summed E-state index contributed by atoms with van der Waals surface area (Å²) in [6.07, 6.45) is 4.66. The van der Waals surface area contributed by atoms with E-state index in [9.17, 15) is 13.6 Å². The summed E-state index contributed by atoms with van der Waals surface area (Å²) in [7, 11) is 0. The zero-order valence-corrected chi connectivity index (χ0v) is 13.4. The van der Waals surface area contributed by atoms with Gasteiger partial charge in [-0.15, -0.1) is 0 Å². The van der Waals surface area contributed by atoms with E-state index in [-0.39, 0.29) is 24.9 Å². The summed E-state index contributed by atoms with van der Waals surface area (Å²) < 4.78 is 32.7. The Morgan fingerprint density at radius 2 is 2.17 bits per heavy atom. The number of rotatable bonds is 6.